The summed E-state index contributed by atoms with van der Waals surface area (Å²) in [6.45, 7) is 0. The molecule has 0 spiro atoms. The van der Waals surface area contributed by atoms with E-state index in [1.165, 1.54) is 58.4 Å². The second-order valence-electron chi connectivity index (χ2n) is 5.84. The van der Waals surface area contributed by atoms with E-state index in [9.17, 15) is 0 Å². The predicted molar refractivity (Wildman–Crippen MR) is 89.3 cm³/mol. The third kappa shape index (κ3) is 1.89. The fourth-order valence-corrected chi connectivity index (χ4v) is 4.05. The molecule has 0 unspecified atom stereocenters. The summed E-state index contributed by atoms with van der Waals surface area (Å²) < 4.78 is 3.76. The number of halogens is 1. The lowest BCUT2D eigenvalue weighted by atomic mass is 9.95. The Hall–Kier alpha value is -1.28. The van der Waals surface area contributed by atoms with Crippen LogP contribution in [0.1, 0.15) is 38.1 Å². The van der Waals surface area contributed by atoms with Crippen molar-refractivity contribution in [2.24, 2.45) is 0 Å². The molecule has 1 saturated carbocycles. The van der Waals surface area contributed by atoms with Gasteiger partial charge in [0.1, 0.15) is 0 Å². The molecular weight excluding hydrogens is 310 g/mol. The molecule has 2 aromatic carbocycles. The molecule has 0 amide bonds. The number of hydrogen-bond acceptors (Lipinski definition) is 0. The molecule has 0 N–H and O–H groups in total. The van der Waals surface area contributed by atoms with Crippen LogP contribution in [0.25, 0.3) is 21.8 Å². The molecule has 2 heteroatoms. The maximum atomic E-state index is 3.63. The van der Waals surface area contributed by atoms with Crippen LogP contribution in [0.3, 0.4) is 0 Å². The quantitative estimate of drug-likeness (QED) is 0.511. The van der Waals surface area contributed by atoms with Crippen molar-refractivity contribution in [3.05, 3.63) is 46.9 Å². The van der Waals surface area contributed by atoms with E-state index in [-0.39, 0.29) is 0 Å². The first-order valence-corrected chi connectivity index (χ1v) is 8.32. The Morgan fingerprint density at radius 2 is 1.60 bits per heavy atom. The van der Waals surface area contributed by atoms with Crippen LogP contribution in [0, 0.1) is 0 Å². The average molecular weight is 328 g/mol. The maximum Gasteiger partial charge on any atom is 0.0505 e. The molecule has 1 aliphatic rings. The highest BCUT2D eigenvalue weighted by atomic mass is 79.9. The number of aromatic nitrogens is 1. The van der Waals surface area contributed by atoms with Crippen molar-refractivity contribution < 1.29 is 0 Å². The summed E-state index contributed by atoms with van der Waals surface area (Å²) >= 11 is 3.63. The summed E-state index contributed by atoms with van der Waals surface area (Å²) in [7, 11) is 0. The standard InChI is InChI=1S/C18H18BrN/c19-13-10-11-16-15-8-4-5-9-17(15)20(18(16)12-13)14-6-2-1-3-7-14/h4-5,8-12,14H,1-3,6-7H2. The molecular formula is C18H18BrN. The zero-order chi connectivity index (χ0) is 13.5. The van der Waals surface area contributed by atoms with Crippen LogP contribution < -0.4 is 0 Å². The van der Waals surface area contributed by atoms with Gasteiger partial charge in [0, 0.05) is 26.8 Å². The molecule has 1 heterocycles. The van der Waals surface area contributed by atoms with Crippen LogP contribution in [0.5, 0.6) is 0 Å². The molecule has 0 atom stereocenters. The summed E-state index contributed by atoms with van der Waals surface area (Å²) in [5.74, 6) is 0. The first-order chi connectivity index (χ1) is 9.84. The molecule has 0 saturated heterocycles. The van der Waals surface area contributed by atoms with Crippen molar-refractivity contribution in [1.29, 1.82) is 0 Å². The minimum Gasteiger partial charge on any atom is -0.337 e. The second kappa shape index (κ2) is 4.92. The van der Waals surface area contributed by atoms with E-state index in [4.69, 9.17) is 0 Å². The largest absolute Gasteiger partial charge is 0.337 e. The maximum absolute atomic E-state index is 3.63. The van der Waals surface area contributed by atoms with Gasteiger partial charge in [-0.3, -0.25) is 0 Å². The molecule has 1 fully saturated rings. The summed E-state index contributed by atoms with van der Waals surface area (Å²) in [6.07, 6.45) is 6.78. The van der Waals surface area contributed by atoms with Gasteiger partial charge in [0.2, 0.25) is 0 Å². The van der Waals surface area contributed by atoms with Gasteiger partial charge >= 0.3 is 0 Å². The Labute approximate surface area is 127 Å². The third-order valence-corrected chi connectivity index (χ3v) is 5.11. The van der Waals surface area contributed by atoms with Gasteiger partial charge in [-0.15, -0.1) is 0 Å². The van der Waals surface area contributed by atoms with E-state index in [1.54, 1.807) is 0 Å². The molecule has 102 valence electrons. The van der Waals surface area contributed by atoms with Gasteiger partial charge in [-0.05, 0) is 31.0 Å². The van der Waals surface area contributed by atoms with Crippen LogP contribution >= 0.6 is 15.9 Å². The zero-order valence-corrected chi connectivity index (χ0v) is 13.1. The van der Waals surface area contributed by atoms with Crippen molar-refractivity contribution in [2.75, 3.05) is 0 Å². The fourth-order valence-electron chi connectivity index (χ4n) is 3.71. The van der Waals surface area contributed by atoms with Gasteiger partial charge in [-0.1, -0.05) is 59.5 Å². The van der Waals surface area contributed by atoms with Gasteiger partial charge < -0.3 is 4.57 Å². The topological polar surface area (TPSA) is 4.93 Å². The molecule has 0 aliphatic heterocycles. The number of benzene rings is 2. The van der Waals surface area contributed by atoms with Crippen molar-refractivity contribution in [2.45, 2.75) is 38.1 Å². The van der Waals surface area contributed by atoms with Crippen LogP contribution in [-0.2, 0) is 0 Å². The first-order valence-electron chi connectivity index (χ1n) is 7.53. The number of hydrogen-bond donors (Lipinski definition) is 0. The van der Waals surface area contributed by atoms with E-state index >= 15 is 0 Å². The van der Waals surface area contributed by atoms with Crippen LogP contribution in [0.2, 0.25) is 0 Å². The minimum atomic E-state index is 0.667. The summed E-state index contributed by atoms with van der Waals surface area (Å²) in [4.78, 5) is 0. The van der Waals surface area contributed by atoms with Crippen LogP contribution in [-0.4, -0.2) is 4.57 Å². The molecule has 20 heavy (non-hydrogen) atoms. The number of nitrogens with zero attached hydrogens (tertiary/aromatic N) is 1. The number of para-hydroxylation sites is 1. The summed E-state index contributed by atoms with van der Waals surface area (Å²) in [5.41, 5.74) is 2.78. The van der Waals surface area contributed by atoms with Crippen molar-refractivity contribution in [3.63, 3.8) is 0 Å². The Kier molecular flexibility index (Phi) is 3.07. The minimum absolute atomic E-state index is 0.667. The fraction of sp³-hybridized carbons (Fsp3) is 0.333. The third-order valence-electron chi connectivity index (χ3n) is 4.61. The molecule has 0 bridgehead atoms. The SMILES string of the molecule is Brc1ccc2c3ccccc3n(C3CCCCC3)c2c1. The zero-order valence-electron chi connectivity index (χ0n) is 11.5. The van der Waals surface area contributed by atoms with Crippen molar-refractivity contribution >= 4 is 37.7 Å². The Balaban J connectivity index is 2.05. The predicted octanol–water partition coefficient (Wildman–Crippen LogP) is 6.06. The van der Waals surface area contributed by atoms with Gasteiger partial charge in [0.05, 0.1) is 5.52 Å². The van der Waals surface area contributed by atoms with E-state index in [1.807, 2.05) is 0 Å². The van der Waals surface area contributed by atoms with Crippen molar-refractivity contribution in [1.82, 2.24) is 4.57 Å². The highest BCUT2D eigenvalue weighted by Gasteiger charge is 2.20. The summed E-state index contributed by atoms with van der Waals surface area (Å²) in [5, 5.41) is 2.77. The number of fused-ring (bicyclic) bond motifs is 3. The molecule has 3 aromatic rings. The highest BCUT2D eigenvalue weighted by Crippen LogP contribution is 2.38. The smallest absolute Gasteiger partial charge is 0.0505 e. The van der Waals surface area contributed by atoms with Gasteiger partial charge in [-0.2, -0.15) is 0 Å². The Morgan fingerprint density at radius 1 is 0.850 bits per heavy atom. The first kappa shape index (κ1) is 12.5. The van der Waals surface area contributed by atoms with Gasteiger partial charge in [0.15, 0.2) is 0 Å². The summed E-state index contributed by atoms with van der Waals surface area (Å²) in [6, 6.07) is 16.2. The highest BCUT2D eigenvalue weighted by molar-refractivity contribution is 9.10. The van der Waals surface area contributed by atoms with E-state index in [2.05, 4.69) is 63.0 Å². The normalized spacial score (nSPS) is 17.1. The Bertz CT molecular complexity index is 766. The van der Waals surface area contributed by atoms with Crippen LogP contribution in [0.15, 0.2) is 46.9 Å². The molecule has 4 rings (SSSR count). The van der Waals surface area contributed by atoms with Crippen molar-refractivity contribution in [3.8, 4) is 0 Å². The average Bonchev–Trinajstić information content (AvgIpc) is 2.81. The van der Waals surface area contributed by atoms with Gasteiger partial charge in [-0.25, -0.2) is 0 Å². The van der Waals surface area contributed by atoms with Gasteiger partial charge in [0.25, 0.3) is 0 Å². The van der Waals surface area contributed by atoms with Crippen LogP contribution in [0.4, 0.5) is 0 Å². The molecule has 1 aliphatic carbocycles. The second-order valence-corrected chi connectivity index (χ2v) is 6.76. The number of rotatable bonds is 1. The lowest BCUT2D eigenvalue weighted by molar-refractivity contribution is 0.367. The Morgan fingerprint density at radius 3 is 2.45 bits per heavy atom. The molecule has 1 aromatic heterocycles. The molecule has 0 radical (unpaired) electrons. The lowest BCUT2D eigenvalue weighted by Crippen LogP contribution is -2.12. The lowest BCUT2D eigenvalue weighted by Gasteiger charge is -2.25. The van der Waals surface area contributed by atoms with E-state index in [0.717, 1.165) is 0 Å². The van der Waals surface area contributed by atoms with E-state index in [0.29, 0.717) is 6.04 Å². The molecule has 1 nitrogen and oxygen atoms in total. The monoisotopic (exact) mass is 327 g/mol. The van der Waals surface area contributed by atoms with E-state index < -0.39 is 0 Å².